The molecule has 82 valence electrons. The zero-order valence-electron chi connectivity index (χ0n) is 9.95. The van der Waals surface area contributed by atoms with Crippen LogP contribution in [0.1, 0.15) is 31.1 Å². The smallest absolute Gasteiger partial charge is 0.184 e. The molecule has 0 N–H and O–H groups in total. The zero-order chi connectivity index (χ0) is 11.4. The average Bonchev–Trinajstić information content (AvgIpc) is 2.43. The summed E-state index contributed by atoms with van der Waals surface area (Å²) in [4.78, 5) is 13.2. The largest absolute Gasteiger partial charge is 0.366 e. The van der Waals surface area contributed by atoms with Gasteiger partial charge in [0, 0.05) is 18.3 Å². The van der Waals surface area contributed by atoms with Crippen molar-refractivity contribution in [3.8, 4) is 0 Å². The molecule has 0 saturated carbocycles. The molecule has 0 atom stereocenters. The maximum atomic E-state index is 11.2. The second kappa shape index (κ2) is 4.96. The van der Waals surface area contributed by atoms with Gasteiger partial charge in [-0.15, -0.1) is 0 Å². The van der Waals surface area contributed by atoms with Crippen LogP contribution in [-0.2, 0) is 0 Å². The number of rotatable bonds is 0. The van der Waals surface area contributed by atoms with Crippen LogP contribution in [0.3, 0.4) is 0 Å². The lowest BCUT2D eigenvalue weighted by Crippen LogP contribution is -2.15. The Hall–Kier alpha value is -1.31. The fourth-order valence-electron chi connectivity index (χ4n) is 1.43. The van der Waals surface area contributed by atoms with Gasteiger partial charge in [0.15, 0.2) is 5.78 Å². The Kier molecular flexibility index (Phi) is 3.89. The summed E-state index contributed by atoms with van der Waals surface area (Å²) in [5.41, 5.74) is 1.91. The molecule has 1 aromatic rings. The zero-order valence-corrected chi connectivity index (χ0v) is 9.95. The molecule has 1 aliphatic heterocycles. The molecule has 1 heterocycles. The molecule has 15 heavy (non-hydrogen) atoms. The standard InChI is InChI=1S/C9H9NO.C4H10/c1-10-6-9(11)7-4-2-3-5-8(7)10;1-4(2)3/h2-5H,6H2,1H3;4H,1-3H3. The number of hydrogen-bond donors (Lipinski definition) is 0. The highest BCUT2D eigenvalue weighted by Crippen LogP contribution is 2.25. The van der Waals surface area contributed by atoms with Crippen molar-refractivity contribution in [2.45, 2.75) is 20.8 Å². The predicted molar refractivity (Wildman–Crippen MR) is 64.6 cm³/mol. The molecular formula is C13H19NO. The highest BCUT2D eigenvalue weighted by atomic mass is 16.1. The number of likely N-dealkylation sites (N-methyl/N-ethyl adjacent to an activating group) is 1. The number of Topliss-reactive ketones (excluding diaryl/α,β-unsaturated/α-hetero) is 1. The monoisotopic (exact) mass is 205 g/mol. The van der Waals surface area contributed by atoms with Gasteiger partial charge in [-0.2, -0.15) is 0 Å². The van der Waals surface area contributed by atoms with Crippen LogP contribution >= 0.6 is 0 Å². The van der Waals surface area contributed by atoms with E-state index in [1.165, 1.54) is 0 Å². The van der Waals surface area contributed by atoms with E-state index >= 15 is 0 Å². The fraction of sp³-hybridized carbons (Fsp3) is 0.462. The summed E-state index contributed by atoms with van der Waals surface area (Å²) in [6.07, 6.45) is 0. The molecule has 0 amide bonds. The molecule has 1 aliphatic rings. The van der Waals surface area contributed by atoms with Crippen LogP contribution in [0.25, 0.3) is 0 Å². The molecule has 2 nitrogen and oxygen atoms in total. The van der Waals surface area contributed by atoms with Gasteiger partial charge in [0.05, 0.1) is 6.54 Å². The van der Waals surface area contributed by atoms with E-state index in [1.807, 2.05) is 36.2 Å². The van der Waals surface area contributed by atoms with Gasteiger partial charge >= 0.3 is 0 Å². The minimum atomic E-state index is 0.225. The summed E-state index contributed by atoms with van der Waals surface area (Å²) < 4.78 is 0. The van der Waals surface area contributed by atoms with Crippen molar-refractivity contribution < 1.29 is 4.79 Å². The summed E-state index contributed by atoms with van der Waals surface area (Å²) in [6.45, 7) is 7.03. The molecule has 0 aromatic heterocycles. The molecule has 0 unspecified atom stereocenters. The van der Waals surface area contributed by atoms with E-state index in [-0.39, 0.29) is 5.78 Å². The van der Waals surface area contributed by atoms with E-state index in [0.717, 1.165) is 17.2 Å². The number of hydrogen-bond acceptors (Lipinski definition) is 2. The van der Waals surface area contributed by atoms with Crippen LogP contribution in [0.15, 0.2) is 24.3 Å². The molecule has 0 radical (unpaired) electrons. The highest BCUT2D eigenvalue weighted by molar-refractivity contribution is 6.08. The van der Waals surface area contributed by atoms with Gasteiger partial charge in [-0.1, -0.05) is 32.9 Å². The molecule has 2 rings (SSSR count). The Bertz CT molecular complexity index is 341. The predicted octanol–water partition coefficient (Wildman–Crippen LogP) is 2.98. The number of carbonyl (C=O) groups is 1. The van der Waals surface area contributed by atoms with E-state index in [4.69, 9.17) is 0 Å². The van der Waals surface area contributed by atoms with Crippen molar-refractivity contribution in [1.29, 1.82) is 0 Å². The van der Waals surface area contributed by atoms with Crippen molar-refractivity contribution in [3.05, 3.63) is 29.8 Å². The number of nitrogens with zero attached hydrogens (tertiary/aromatic N) is 1. The van der Waals surface area contributed by atoms with Crippen LogP contribution in [0.2, 0.25) is 0 Å². The third-order valence-electron chi connectivity index (χ3n) is 2.00. The van der Waals surface area contributed by atoms with E-state index in [0.29, 0.717) is 6.54 Å². The van der Waals surface area contributed by atoms with Crippen LogP contribution in [0.5, 0.6) is 0 Å². The Morgan fingerprint density at radius 3 is 2.27 bits per heavy atom. The van der Waals surface area contributed by atoms with Crippen LogP contribution in [-0.4, -0.2) is 19.4 Å². The number of benzene rings is 1. The summed E-state index contributed by atoms with van der Waals surface area (Å²) in [7, 11) is 1.93. The van der Waals surface area contributed by atoms with Crippen molar-refractivity contribution >= 4 is 11.5 Å². The Balaban J connectivity index is 0.000000245. The SMILES string of the molecule is CC(C)C.CN1CC(=O)c2ccccc21. The first-order chi connectivity index (χ1) is 7.02. The van der Waals surface area contributed by atoms with Crippen LogP contribution < -0.4 is 4.90 Å². The second-order valence-electron chi connectivity index (χ2n) is 4.53. The summed E-state index contributed by atoms with van der Waals surface area (Å²) in [6, 6.07) is 7.70. The van der Waals surface area contributed by atoms with Gasteiger partial charge in [-0.3, -0.25) is 4.79 Å². The lowest BCUT2D eigenvalue weighted by molar-refractivity contribution is 0.101. The lowest BCUT2D eigenvalue weighted by Gasteiger charge is -2.08. The summed E-state index contributed by atoms with van der Waals surface area (Å²) in [5.74, 6) is 1.06. The molecule has 1 aromatic carbocycles. The Labute approximate surface area is 91.9 Å². The molecule has 2 heteroatoms. The Morgan fingerprint density at radius 2 is 1.73 bits per heavy atom. The van der Waals surface area contributed by atoms with Crippen LogP contribution in [0, 0.1) is 5.92 Å². The van der Waals surface area contributed by atoms with Gasteiger partial charge in [-0.25, -0.2) is 0 Å². The maximum absolute atomic E-state index is 11.2. The van der Waals surface area contributed by atoms with Gasteiger partial charge in [-0.05, 0) is 18.1 Å². The van der Waals surface area contributed by atoms with Gasteiger partial charge in [0.1, 0.15) is 0 Å². The highest BCUT2D eigenvalue weighted by Gasteiger charge is 2.22. The number of ketones is 1. The van der Waals surface area contributed by atoms with Crippen molar-refractivity contribution in [2.24, 2.45) is 5.92 Å². The fourth-order valence-corrected chi connectivity index (χ4v) is 1.43. The third kappa shape index (κ3) is 3.08. The van der Waals surface area contributed by atoms with E-state index < -0.39 is 0 Å². The van der Waals surface area contributed by atoms with E-state index in [2.05, 4.69) is 20.8 Å². The van der Waals surface area contributed by atoms with Crippen molar-refractivity contribution in [1.82, 2.24) is 0 Å². The van der Waals surface area contributed by atoms with Gasteiger partial charge < -0.3 is 4.90 Å². The normalized spacial score (nSPS) is 13.7. The number of para-hydroxylation sites is 1. The quantitative estimate of drug-likeness (QED) is 0.649. The number of carbonyl (C=O) groups excluding carboxylic acids is 1. The lowest BCUT2D eigenvalue weighted by atomic mass is 10.1. The minimum Gasteiger partial charge on any atom is -0.366 e. The van der Waals surface area contributed by atoms with E-state index in [9.17, 15) is 4.79 Å². The molecule has 0 spiro atoms. The van der Waals surface area contributed by atoms with Crippen LogP contribution in [0.4, 0.5) is 5.69 Å². The molecule has 0 aliphatic carbocycles. The Morgan fingerprint density at radius 1 is 1.20 bits per heavy atom. The first kappa shape index (κ1) is 11.8. The third-order valence-corrected chi connectivity index (χ3v) is 2.00. The first-order valence-corrected chi connectivity index (χ1v) is 5.35. The number of anilines is 1. The summed E-state index contributed by atoms with van der Waals surface area (Å²) >= 11 is 0. The molecular weight excluding hydrogens is 186 g/mol. The molecule has 0 fully saturated rings. The minimum absolute atomic E-state index is 0.225. The number of fused-ring (bicyclic) bond motifs is 1. The van der Waals surface area contributed by atoms with Gasteiger partial charge in [0.25, 0.3) is 0 Å². The second-order valence-corrected chi connectivity index (χ2v) is 4.53. The van der Waals surface area contributed by atoms with Gasteiger partial charge in [0.2, 0.25) is 0 Å². The maximum Gasteiger partial charge on any atom is 0.184 e. The average molecular weight is 205 g/mol. The summed E-state index contributed by atoms with van der Waals surface area (Å²) in [5, 5.41) is 0. The van der Waals surface area contributed by atoms with Crippen molar-refractivity contribution in [2.75, 3.05) is 18.5 Å². The first-order valence-electron chi connectivity index (χ1n) is 5.35. The molecule has 0 bridgehead atoms. The van der Waals surface area contributed by atoms with E-state index in [1.54, 1.807) is 0 Å². The molecule has 0 saturated heterocycles. The topological polar surface area (TPSA) is 20.3 Å². The van der Waals surface area contributed by atoms with Crippen molar-refractivity contribution in [3.63, 3.8) is 0 Å².